The Bertz CT molecular complexity index is 544. The Morgan fingerprint density at radius 1 is 1.25 bits per heavy atom. The third-order valence-electron chi connectivity index (χ3n) is 4.55. The molecular formula is C17H21NO2. The molecule has 1 atom stereocenters. The van der Waals surface area contributed by atoms with Crippen LogP contribution < -0.4 is 0 Å². The fraction of sp³-hybridized carbons (Fsp3) is 0.529. The number of hydrogen-bond acceptors (Lipinski definition) is 2. The Hall–Kier alpha value is -1.64. The number of rotatable bonds is 2. The molecule has 3 rings (SSSR count). The van der Waals surface area contributed by atoms with Crippen LogP contribution in [0, 0.1) is 5.92 Å². The van der Waals surface area contributed by atoms with Crippen LogP contribution in [-0.4, -0.2) is 29.7 Å². The molecule has 0 radical (unpaired) electrons. The molecule has 1 saturated heterocycles. The molecule has 3 heteroatoms. The summed E-state index contributed by atoms with van der Waals surface area (Å²) < 4.78 is 0. The Labute approximate surface area is 120 Å². The van der Waals surface area contributed by atoms with E-state index < -0.39 is 0 Å². The van der Waals surface area contributed by atoms with Gasteiger partial charge in [-0.2, -0.15) is 0 Å². The fourth-order valence-electron chi connectivity index (χ4n) is 3.32. The van der Waals surface area contributed by atoms with Gasteiger partial charge in [-0.05, 0) is 42.9 Å². The van der Waals surface area contributed by atoms with E-state index in [1.807, 2.05) is 17.0 Å². The molecule has 0 saturated carbocycles. The quantitative estimate of drug-likeness (QED) is 0.829. The molecule has 2 aliphatic rings. The molecule has 1 aliphatic carbocycles. The number of Topliss-reactive ketones (excluding diaryl/α,β-unsaturated/α-hetero) is 1. The average Bonchev–Trinajstić information content (AvgIpc) is 3.00. The third kappa shape index (κ3) is 2.37. The minimum atomic E-state index is -0.138. The maximum Gasteiger partial charge on any atom is 0.226 e. The van der Waals surface area contributed by atoms with E-state index in [2.05, 4.69) is 13.0 Å². The second-order valence-corrected chi connectivity index (χ2v) is 5.91. The van der Waals surface area contributed by atoms with Crippen molar-refractivity contribution in [3.05, 3.63) is 34.9 Å². The summed E-state index contributed by atoms with van der Waals surface area (Å²) in [6, 6.07) is 6.12. The zero-order valence-electron chi connectivity index (χ0n) is 12.0. The summed E-state index contributed by atoms with van der Waals surface area (Å²) in [5.74, 6) is 0.181. The van der Waals surface area contributed by atoms with Gasteiger partial charge in [0.05, 0.1) is 0 Å². The Morgan fingerprint density at radius 2 is 2.00 bits per heavy atom. The summed E-state index contributed by atoms with van der Waals surface area (Å²) in [6.45, 7) is 3.82. The first kappa shape index (κ1) is 13.3. The summed E-state index contributed by atoms with van der Waals surface area (Å²) in [5.41, 5.74) is 3.09. The maximum absolute atomic E-state index is 12.5. The number of hydrogen-bond donors (Lipinski definition) is 0. The number of fused-ring (bicyclic) bond motifs is 1. The number of ketones is 1. The lowest BCUT2D eigenvalue weighted by molar-refractivity contribution is -0.134. The van der Waals surface area contributed by atoms with Crippen molar-refractivity contribution < 1.29 is 9.59 Å². The molecule has 0 N–H and O–H groups in total. The number of benzene rings is 1. The molecule has 1 unspecified atom stereocenters. The molecule has 20 heavy (non-hydrogen) atoms. The van der Waals surface area contributed by atoms with E-state index >= 15 is 0 Å². The highest BCUT2D eigenvalue weighted by Gasteiger charge is 2.33. The summed E-state index contributed by atoms with van der Waals surface area (Å²) in [5, 5.41) is 0. The van der Waals surface area contributed by atoms with Crippen molar-refractivity contribution in [1.82, 2.24) is 4.90 Å². The zero-order chi connectivity index (χ0) is 14.1. The van der Waals surface area contributed by atoms with Crippen molar-refractivity contribution in [3.8, 4) is 0 Å². The van der Waals surface area contributed by atoms with Crippen LogP contribution in [0.4, 0.5) is 0 Å². The van der Waals surface area contributed by atoms with Gasteiger partial charge in [0.2, 0.25) is 5.91 Å². The lowest BCUT2D eigenvalue weighted by Crippen LogP contribution is -2.37. The largest absolute Gasteiger partial charge is 0.342 e. The monoisotopic (exact) mass is 271 g/mol. The molecule has 0 bridgehead atoms. The molecule has 1 fully saturated rings. The maximum atomic E-state index is 12.5. The minimum Gasteiger partial charge on any atom is -0.342 e. The minimum absolute atomic E-state index is 0.138. The Balaban J connectivity index is 1.81. The van der Waals surface area contributed by atoms with Gasteiger partial charge in [0.1, 0.15) is 0 Å². The molecular weight excluding hydrogens is 250 g/mol. The predicted octanol–water partition coefficient (Wildman–Crippen LogP) is 2.62. The van der Waals surface area contributed by atoms with E-state index in [0.29, 0.717) is 6.42 Å². The van der Waals surface area contributed by atoms with Crippen molar-refractivity contribution in [2.45, 2.75) is 39.0 Å². The molecule has 3 nitrogen and oxygen atoms in total. The highest BCUT2D eigenvalue weighted by molar-refractivity contribution is 6.01. The Kier molecular flexibility index (Phi) is 3.60. The van der Waals surface area contributed by atoms with E-state index in [4.69, 9.17) is 0 Å². The number of amides is 1. The standard InChI is InChI=1S/C17H21NO2/c1-2-12-5-6-13-10-14(11-16(19)15(13)9-12)17(20)18-7-3-4-8-18/h5-6,9,14H,2-4,7-8,10-11H2,1H3. The van der Waals surface area contributed by atoms with Gasteiger partial charge in [0.15, 0.2) is 5.78 Å². The zero-order valence-corrected chi connectivity index (χ0v) is 12.0. The van der Waals surface area contributed by atoms with Gasteiger partial charge in [-0.15, -0.1) is 0 Å². The van der Waals surface area contributed by atoms with E-state index in [9.17, 15) is 9.59 Å². The average molecular weight is 271 g/mol. The summed E-state index contributed by atoms with van der Waals surface area (Å²) in [4.78, 5) is 26.7. The van der Waals surface area contributed by atoms with Crippen molar-refractivity contribution in [2.24, 2.45) is 5.92 Å². The Morgan fingerprint density at radius 3 is 2.70 bits per heavy atom. The molecule has 1 aliphatic heterocycles. The van der Waals surface area contributed by atoms with Gasteiger partial charge in [-0.1, -0.05) is 19.1 Å². The topological polar surface area (TPSA) is 37.4 Å². The fourth-order valence-corrected chi connectivity index (χ4v) is 3.32. The van der Waals surface area contributed by atoms with Gasteiger partial charge < -0.3 is 4.90 Å². The summed E-state index contributed by atoms with van der Waals surface area (Å²) >= 11 is 0. The van der Waals surface area contributed by atoms with Gasteiger partial charge in [-0.25, -0.2) is 0 Å². The number of nitrogens with zero attached hydrogens (tertiary/aromatic N) is 1. The lowest BCUT2D eigenvalue weighted by Gasteiger charge is -2.27. The van der Waals surface area contributed by atoms with Crippen molar-refractivity contribution >= 4 is 11.7 Å². The van der Waals surface area contributed by atoms with E-state index in [1.165, 1.54) is 5.56 Å². The van der Waals surface area contributed by atoms with E-state index in [1.54, 1.807) is 0 Å². The third-order valence-corrected chi connectivity index (χ3v) is 4.55. The number of carbonyl (C=O) groups is 2. The van der Waals surface area contributed by atoms with Gasteiger partial charge in [0.25, 0.3) is 0 Å². The second-order valence-electron chi connectivity index (χ2n) is 5.91. The van der Waals surface area contributed by atoms with Gasteiger partial charge in [-0.3, -0.25) is 9.59 Å². The molecule has 106 valence electrons. The molecule has 1 amide bonds. The normalized spacial score (nSPS) is 21.9. The van der Waals surface area contributed by atoms with Crippen LogP contribution in [0.5, 0.6) is 0 Å². The SMILES string of the molecule is CCc1ccc2c(c1)C(=O)CC(C(=O)N1CCCC1)C2. The molecule has 0 spiro atoms. The predicted molar refractivity (Wildman–Crippen MR) is 77.8 cm³/mol. The number of likely N-dealkylation sites (tertiary alicyclic amines) is 1. The van der Waals surface area contributed by atoms with Crippen molar-refractivity contribution in [1.29, 1.82) is 0 Å². The first-order valence-corrected chi connectivity index (χ1v) is 7.63. The summed E-state index contributed by atoms with van der Waals surface area (Å²) in [7, 11) is 0. The molecule has 1 aromatic carbocycles. The lowest BCUT2D eigenvalue weighted by atomic mass is 9.81. The van der Waals surface area contributed by atoms with E-state index in [0.717, 1.165) is 49.9 Å². The van der Waals surface area contributed by atoms with Crippen molar-refractivity contribution in [2.75, 3.05) is 13.1 Å². The molecule has 1 aromatic rings. The van der Waals surface area contributed by atoms with Crippen molar-refractivity contribution in [3.63, 3.8) is 0 Å². The van der Waals surface area contributed by atoms with Crippen LogP contribution in [0.1, 0.15) is 47.7 Å². The number of aryl methyl sites for hydroxylation is 1. The highest BCUT2D eigenvalue weighted by Crippen LogP contribution is 2.28. The smallest absolute Gasteiger partial charge is 0.226 e. The van der Waals surface area contributed by atoms with Crippen LogP contribution in [0.2, 0.25) is 0 Å². The van der Waals surface area contributed by atoms with Crippen LogP contribution in [0.25, 0.3) is 0 Å². The van der Waals surface area contributed by atoms with Gasteiger partial charge in [0, 0.05) is 31.0 Å². The first-order valence-electron chi connectivity index (χ1n) is 7.63. The molecule has 1 heterocycles. The summed E-state index contributed by atoms with van der Waals surface area (Å²) in [6.07, 6.45) is 4.25. The van der Waals surface area contributed by atoms with Crippen LogP contribution in [0.3, 0.4) is 0 Å². The highest BCUT2D eigenvalue weighted by atomic mass is 16.2. The number of carbonyl (C=O) groups excluding carboxylic acids is 2. The van der Waals surface area contributed by atoms with E-state index in [-0.39, 0.29) is 17.6 Å². The first-order chi connectivity index (χ1) is 9.69. The van der Waals surface area contributed by atoms with Crippen LogP contribution >= 0.6 is 0 Å². The van der Waals surface area contributed by atoms with Crippen LogP contribution in [0.15, 0.2) is 18.2 Å². The van der Waals surface area contributed by atoms with Gasteiger partial charge >= 0.3 is 0 Å². The second kappa shape index (κ2) is 5.39. The van der Waals surface area contributed by atoms with Crippen LogP contribution in [-0.2, 0) is 17.6 Å². The molecule has 0 aromatic heterocycles.